The van der Waals surface area contributed by atoms with E-state index in [0.29, 0.717) is 26.1 Å². The minimum Gasteiger partial charge on any atom is -0.444 e. The summed E-state index contributed by atoms with van der Waals surface area (Å²) in [6.07, 6.45) is 0.269. The van der Waals surface area contributed by atoms with Gasteiger partial charge in [-0.1, -0.05) is 0 Å². The van der Waals surface area contributed by atoms with Gasteiger partial charge in [-0.2, -0.15) is 0 Å². The molecule has 1 aliphatic heterocycles. The van der Waals surface area contributed by atoms with Gasteiger partial charge < -0.3 is 20.1 Å². The van der Waals surface area contributed by atoms with Gasteiger partial charge in [0.05, 0.1) is 5.60 Å². The van der Waals surface area contributed by atoms with Gasteiger partial charge in [-0.05, 0) is 41.0 Å². The minimum absolute atomic E-state index is 0.0662. The molecule has 1 amide bonds. The Morgan fingerprint density at radius 3 is 2.33 bits per heavy atom. The number of ether oxygens (including phenoxy) is 1. The molecule has 0 radical (unpaired) electrons. The lowest BCUT2D eigenvalue weighted by Crippen LogP contribution is -2.60. The lowest BCUT2D eigenvalue weighted by molar-refractivity contribution is -0.0303. The summed E-state index contributed by atoms with van der Waals surface area (Å²) in [5.41, 5.74) is -1.14. The maximum absolute atomic E-state index is 12.0. The van der Waals surface area contributed by atoms with Crippen LogP contribution >= 0.6 is 0 Å². The second-order valence-corrected chi connectivity index (χ2v) is 6.35. The zero-order valence-corrected chi connectivity index (χ0v) is 12.1. The SMILES string of the molecule is CC(C)N(CCC1(O)CNC1)C(=O)OC(C)(C)C. The normalized spacial score (nSPS) is 18.4. The molecule has 0 saturated carbocycles. The Hall–Kier alpha value is -0.810. The second-order valence-electron chi connectivity index (χ2n) is 6.35. The summed E-state index contributed by atoms with van der Waals surface area (Å²) in [5, 5.41) is 13.1. The van der Waals surface area contributed by atoms with E-state index >= 15 is 0 Å². The molecule has 5 heteroatoms. The van der Waals surface area contributed by atoms with E-state index in [9.17, 15) is 9.90 Å². The van der Waals surface area contributed by atoms with Gasteiger partial charge in [0.15, 0.2) is 0 Å². The summed E-state index contributed by atoms with van der Waals surface area (Å²) < 4.78 is 5.37. The first-order valence-electron chi connectivity index (χ1n) is 6.56. The van der Waals surface area contributed by atoms with E-state index in [1.54, 1.807) is 4.90 Å². The Bertz CT molecular complexity index is 293. The number of nitrogens with zero attached hydrogens (tertiary/aromatic N) is 1. The molecule has 1 saturated heterocycles. The number of amides is 1. The molecule has 0 spiro atoms. The number of carbonyl (C=O) groups excluding carboxylic acids is 1. The summed E-state index contributed by atoms with van der Waals surface area (Å²) in [6.45, 7) is 11.2. The average molecular weight is 258 g/mol. The molecule has 1 fully saturated rings. The molecule has 0 unspecified atom stereocenters. The highest BCUT2D eigenvalue weighted by Crippen LogP contribution is 2.18. The van der Waals surface area contributed by atoms with Gasteiger partial charge >= 0.3 is 6.09 Å². The van der Waals surface area contributed by atoms with Crippen LogP contribution in [0.1, 0.15) is 41.0 Å². The molecular weight excluding hydrogens is 232 g/mol. The van der Waals surface area contributed by atoms with Gasteiger partial charge in [-0.15, -0.1) is 0 Å². The number of β-amino-alcohol motifs (C(OH)–C–C–N with tert-alkyl or cyclic N) is 1. The van der Waals surface area contributed by atoms with Crippen LogP contribution in [0.3, 0.4) is 0 Å². The van der Waals surface area contributed by atoms with Crippen LogP contribution in [-0.4, -0.2) is 53.0 Å². The van der Waals surface area contributed by atoms with Gasteiger partial charge in [-0.25, -0.2) is 4.79 Å². The predicted molar refractivity (Wildman–Crippen MR) is 70.5 cm³/mol. The molecule has 1 heterocycles. The molecule has 2 N–H and O–H groups in total. The van der Waals surface area contributed by atoms with E-state index in [1.807, 2.05) is 34.6 Å². The number of nitrogens with one attached hydrogen (secondary N) is 1. The monoisotopic (exact) mass is 258 g/mol. The zero-order valence-electron chi connectivity index (χ0n) is 12.1. The third kappa shape index (κ3) is 4.46. The van der Waals surface area contributed by atoms with Crippen molar-refractivity contribution in [3.8, 4) is 0 Å². The van der Waals surface area contributed by atoms with Crippen molar-refractivity contribution in [3.63, 3.8) is 0 Å². The lowest BCUT2D eigenvalue weighted by atomic mass is 9.93. The Morgan fingerprint density at radius 2 is 2.00 bits per heavy atom. The Morgan fingerprint density at radius 1 is 1.44 bits per heavy atom. The topological polar surface area (TPSA) is 61.8 Å². The van der Waals surface area contributed by atoms with Gasteiger partial charge in [-0.3, -0.25) is 0 Å². The molecule has 18 heavy (non-hydrogen) atoms. The molecule has 0 aliphatic carbocycles. The highest BCUT2D eigenvalue weighted by Gasteiger charge is 2.35. The molecule has 5 nitrogen and oxygen atoms in total. The van der Waals surface area contributed by atoms with Gasteiger partial charge in [0.2, 0.25) is 0 Å². The second kappa shape index (κ2) is 5.45. The standard InChI is InChI=1S/C13H26N2O3/c1-10(2)15(11(16)18-12(3,4)5)7-6-13(17)8-14-9-13/h10,14,17H,6-9H2,1-5H3. The molecule has 0 aromatic heterocycles. The van der Waals surface area contributed by atoms with E-state index < -0.39 is 11.2 Å². The van der Waals surface area contributed by atoms with Crippen LogP contribution in [0, 0.1) is 0 Å². The van der Waals surface area contributed by atoms with Gasteiger partial charge in [0.25, 0.3) is 0 Å². The first-order chi connectivity index (χ1) is 8.13. The molecule has 0 aromatic carbocycles. The highest BCUT2D eigenvalue weighted by atomic mass is 16.6. The number of aliphatic hydroxyl groups is 1. The lowest BCUT2D eigenvalue weighted by Gasteiger charge is -2.39. The Balaban J connectivity index is 2.51. The molecular formula is C13H26N2O3. The molecule has 1 aliphatic rings. The van der Waals surface area contributed by atoms with Crippen LogP contribution in [-0.2, 0) is 4.74 Å². The molecule has 0 aromatic rings. The predicted octanol–water partition coefficient (Wildman–Crippen LogP) is 1.36. The largest absolute Gasteiger partial charge is 0.444 e. The Kier molecular flexibility index (Phi) is 4.61. The summed E-state index contributed by atoms with van der Waals surface area (Å²) in [5.74, 6) is 0. The summed E-state index contributed by atoms with van der Waals surface area (Å²) in [4.78, 5) is 13.7. The van der Waals surface area contributed by atoms with Crippen LogP contribution in [0.15, 0.2) is 0 Å². The third-order valence-corrected chi connectivity index (χ3v) is 2.98. The minimum atomic E-state index is -0.658. The highest BCUT2D eigenvalue weighted by molar-refractivity contribution is 5.68. The number of hydrogen-bond acceptors (Lipinski definition) is 4. The fourth-order valence-electron chi connectivity index (χ4n) is 1.80. The van der Waals surface area contributed by atoms with Crippen molar-refractivity contribution in [2.75, 3.05) is 19.6 Å². The van der Waals surface area contributed by atoms with E-state index in [1.165, 1.54) is 0 Å². The van der Waals surface area contributed by atoms with Crippen LogP contribution in [0.25, 0.3) is 0 Å². The van der Waals surface area contributed by atoms with E-state index in [2.05, 4.69) is 5.32 Å². The van der Waals surface area contributed by atoms with Crippen LogP contribution < -0.4 is 5.32 Å². The zero-order chi connectivity index (χ0) is 14.0. The maximum Gasteiger partial charge on any atom is 0.410 e. The molecule has 0 atom stereocenters. The fourth-order valence-corrected chi connectivity index (χ4v) is 1.80. The summed E-state index contributed by atoms with van der Waals surface area (Å²) >= 11 is 0. The molecule has 0 bridgehead atoms. The van der Waals surface area contributed by atoms with E-state index in [-0.39, 0.29) is 12.1 Å². The average Bonchev–Trinajstić information content (AvgIpc) is 2.11. The van der Waals surface area contributed by atoms with Gasteiger partial charge in [0.1, 0.15) is 5.60 Å². The van der Waals surface area contributed by atoms with Crippen molar-refractivity contribution in [2.24, 2.45) is 0 Å². The maximum atomic E-state index is 12.0. The molecule has 106 valence electrons. The smallest absolute Gasteiger partial charge is 0.410 e. The third-order valence-electron chi connectivity index (χ3n) is 2.98. The fraction of sp³-hybridized carbons (Fsp3) is 0.923. The van der Waals surface area contributed by atoms with Crippen molar-refractivity contribution in [3.05, 3.63) is 0 Å². The quantitative estimate of drug-likeness (QED) is 0.799. The number of carbonyl (C=O) groups is 1. The van der Waals surface area contributed by atoms with Gasteiger partial charge in [0, 0.05) is 25.7 Å². The van der Waals surface area contributed by atoms with E-state index in [4.69, 9.17) is 4.74 Å². The summed E-state index contributed by atoms with van der Waals surface area (Å²) in [6, 6.07) is 0.0662. The molecule has 1 rings (SSSR count). The van der Waals surface area contributed by atoms with Crippen LogP contribution in [0.4, 0.5) is 4.79 Å². The first kappa shape index (κ1) is 15.2. The first-order valence-corrected chi connectivity index (χ1v) is 6.56. The van der Waals surface area contributed by atoms with E-state index in [0.717, 1.165) is 0 Å². The number of hydrogen-bond donors (Lipinski definition) is 2. The summed E-state index contributed by atoms with van der Waals surface area (Å²) in [7, 11) is 0. The Labute approximate surface area is 109 Å². The van der Waals surface area contributed by atoms with Crippen molar-refractivity contribution < 1.29 is 14.6 Å². The van der Waals surface area contributed by atoms with Crippen LogP contribution in [0.2, 0.25) is 0 Å². The number of rotatable bonds is 4. The van der Waals surface area contributed by atoms with Crippen molar-refractivity contribution in [2.45, 2.75) is 58.3 Å². The van der Waals surface area contributed by atoms with Crippen LogP contribution in [0.5, 0.6) is 0 Å². The van der Waals surface area contributed by atoms with Crippen molar-refractivity contribution in [1.82, 2.24) is 10.2 Å². The van der Waals surface area contributed by atoms with Crippen molar-refractivity contribution in [1.29, 1.82) is 0 Å². The van der Waals surface area contributed by atoms with Crippen molar-refractivity contribution >= 4 is 6.09 Å².